The molecule has 2 unspecified atom stereocenters. The Morgan fingerprint density at radius 2 is 2.15 bits per heavy atom. The number of benzene rings is 1. The van der Waals surface area contributed by atoms with Gasteiger partial charge in [-0.3, -0.25) is 4.79 Å². The molecule has 7 heteroatoms. The van der Waals surface area contributed by atoms with Crippen LogP contribution in [-0.4, -0.2) is 51.4 Å². The second-order valence-corrected chi connectivity index (χ2v) is 7.19. The number of likely N-dealkylation sites (tertiary alicyclic amines) is 1. The molecular weight excluding hydrogens is 334 g/mol. The van der Waals surface area contributed by atoms with E-state index in [1.165, 1.54) is 4.90 Å². The van der Waals surface area contributed by atoms with E-state index in [-0.39, 0.29) is 24.5 Å². The first kappa shape index (κ1) is 17.0. The standard InChI is InChI=1S/C19H23N3O4/c1-12-8-13-10-20-22(18-4-2-3-7-26-18)16(13)9-15(12)14-5-6-21(19(24)25)11-17(14)23/h8-10,14,18H,2-7,11H2,1H3,(H,24,25). The van der Waals surface area contributed by atoms with Crippen molar-refractivity contribution in [3.8, 4) is 0 Å². The molecule has 1 N–H and O–H groups in total. The number of aryl methyl sites for hydroxylation is 1. The molecule has 2 saturated heterocycles. The number of piperidine rings is 1. The van der Waals surface area contributed by atoms with Gasteiger partial charge in [0, 0.05) is 24.5 Å². The molecule has 1 aromatic carbocycles. The van der Waals surface area contributed by atoms with Crippen molar-refractivity contribution in [1.82, 2.24) is 14.7 Å². The van der Waals surface area contributed by atoms with E-state index >= 15 is 0 Å². The van der Waals surface area contributed by atoms with Crippen LogP contribution in [0.3, 0.4) is 0 Å². The highest BCUT2D eigenvalue weighted by Gasteiger charge is 2.32. The molecule has 1 aromatic heterocycles. The van der Waals surface area contributed by atoms with Crippen molar-refractivity contribution in [2.45, 2.75) is 44.8 Å². The van der Waals surface area contributed by atoms with Crippen LogP contribution in [0.5, 0.6) is 0 Å². The zero-order valence-electron chi connectivity index (χ0n) is 14.9. The number of hydrogen-bond acceptors (Lipinski definition) is 4. The third-order valence-electron chi connectivity index (χ3n) is 5.48. The molecule has 138 valence electrons. The number of ether oxygens (including phenoxy) is 1. The number of fused-ring (bicyclic) bond motifs is 1. The van der Waals surface area contributed by atoms with E-state index in [0.29, 0.717) is 13.0 Å². The smallest absolute Gasteiger partial charge is 0.407 e. The van der Waals surface area contributed by atoms with Crippen molar-refractivity contribution in [2.24, 2.45) is 0 Å². The lowest BCUT2D eigenvalue weighted by atomic mass is 9.85. The normalized spacial score (nSPS) is 24.2. The van der Waals surface area contributed by atoms with Crippen LogP contribution in [-0.2, 0) is 9.53 Å². The van der Waals surface area contributed by atoms with Crippen molar-refractivity contribution in [2.75, 3.05) is 19.7 Å². The van der Waals surface area contributed by atoms with Crippen LogP contribution < -0.4 is 0 Å². The van der Waals surface area contributed by atoms with Gasteiger partial charge in [-0.25, -0.2) is 9.48 Å². The lowest BCUT2D eigenvalue weighted by molar-refractivity contribution is -0.123. The average Bonchev–Trinajstić information content (AvgIpc) is 3.04. The molecule has 0 bridgehead atoms. The van der Waals surface area contributed by atoms with Gasteiger partial charge in [0.1, 0.15) is 0 Å². The fraction of sp³-hybridized carbons (Fsp3) is 0.526. The first-order valence-electron chi connectivity index (χ1n) is 9.14. The molecule has 2 aromatic rings. The highest BCUT2D eigenvalue weighted by molar-refractivity contribution is 5.92. The van der Waals surface area contributed by atoms with Crippen LogP contribution in [0.2, 0.25) is 0 Å². The summed E-state index contributed by atoms with van der Waals surface area (Å²) in [6.45, 7) is 3.09. The molecule has 3 heterocycles. The van der Waals surface area contributed by atoms with Crippen LogP contribution in [0.15, 0.2) is 18.3 Å². The first-order valence-corrected chi connectivity index (χ1v) is 9.14. The van der Waals surface area contributed by atoms with Gasteiger partial charge in [-0.05, 0) is 55.9 Å². The predicted octanol–water partition coefficient (Wildman–Crippen LogP) is 3.08. The van der Waals surface area contributed by atoms with Gasteiger partial charge in [0.25, 0.3) is 0 Å². The minimum Gasteiger partial charge on any atom is -0.465 e. The van der Waals surface area contributed by atoms with E-state index in [0.717, 1.165) is 47.9 Å². The van der Waals surface area contributed by atoms with Crippen LogP contribution in [0.1, 0.15) is 49.0 Å². The number of nitrogens with zero attached hydrogens (tertiary/aromatic N) is 3. The zero-order chi connectivity index (χ0) is 18.3. The van der Waals surface area contributed by atoms with Crippen molar-refractivity contribution in [3.05, 3.63) is 29.5 Å². The summed E-state index contributed by atoms with van der Waals surface area (Å²) < 4.78 is 7.79. The Balaban J connectivity index is 1.68. The van der Waals surface area contributed by atoms with Crippen molar-refractivity contribution in [1.29, 1.82) is 0 Å². The largest absolute Gasteiger partial charge is 0.465 e. The quantitative estimate of drug-likeness (QED) is 0.893. The average molecular weight is 357 g/mol. The highest BCUT2D eigenvalue weighted by Crippen LogP contribution is 2.33. The van der Waals surface area contributed by atoms with E-state index in [1.807, 2.05) is 17.8 Å². The number of ketones is 1. The van der Waals surface area contributed by atoms with E-state index in [2.05, 4.69) is 17.2 Å². The van der Waals surface area contributed by atoms with E-state index in [9.17, 15) is 9.59 Å². The molecule has 1 amide bonds. The third-order valence-corrected chi connectivity index (χ3v) is 5.48. The summed E-state index contributed by atoms with van der Waals surface area (Å²) in [4.78, 5) is 24.9. The summed E-state index contributed by atoms with van der Waals surface area (Å²) in [6.07, 6.45) is 4.42. The maximum absolute atomic E-state index is 12.6. The number of Topliss-reactive ketones (excluding diaryl/α,β-unsaturated/α-hetero) is 1. The van der Waals surface area contributed by atoms with Gasteiger partial charge < -0.3 is 14.7 Å². The SMILES string of the molecule is Cc1cc2cnn(C3CCCCO3)c2cc1C1CCN(C(=O)O)CC1=O. The van der Waals surface area contributed by atoms with Gasteiger partial charge >= 0.3 is 6.09 Å². The molecular formula is C19H23N3O4. The number of rotatable bonds is 2. The Bertz CT molecular complexity index is 854. The second kappa shape index (κ2) is 6.72. The maximum Gasteiger partial charge on any atom is 0.407 e. The minimum absolute atomic E-state index is 0.0392. The topological polar surface area (TPSA) is 84.7 Å². The second-order valence-electron chi connectivity index (χ2n) is 7.19. The number of carboxylic acid groups (broad SMARTS) is 1. The molecule has 7 nitrogen and oxygen atoms in total. The summed E-state index contributed by atoms with van der Waals surface area (Å²) in [5, 5.41) is 14.7. The number of hydrogen-bond donors (Lipinski definition) is 1. The summed E-state index contributed by atoms with van der Waals surface area (Å²) in [6, 6.07) is 4.11. The van der Waals surface area contributed by atoms with Crippen molar-refractivity contribution < 1.29 is 19.4 Å². The molecule has 26 heavy (non-hydrogen) atoms. The van der Waals surface area contributed by atoms with Crippen LogP contribution in [0.25, 0.3) is 10.9 Å². The molecule has 4 rings (SSSR count). The van der Waals surface area contributed by atoms with Gasteiger partial charge in [-0.2, -0.15) is 5.10 Å². The summed E-state index contributed by atoms with van der Waals surface area (Å²) in [5.41, 5.74) is 3.00. The first-order chi connectivity index (χ1) is 12.5. The number of amides is 1. The molecule has 2 aliphatic rings. The molecule has 0 aliphatic carbocycles. The molecule has 2 fully saturated rings. The fourth-order valence-corrected chi connectivity index (χ4v) is 4.06. The summed E-state index contributed by atoms with van der Waals surface area (Å²) >= 11 is 0. The molecule has 2 aliphatic heterocycles. The van der Waals surface area contributed by atoms with E-state index < -0.39 is 6.09 Å². The molecule has 0 saturated carbocycles. The highest BCUT2D eigenvalue weighted by atomic mass is 16.5. The molecule has 2 atom stereocenters. The Morgan fingerprint density at radius 3 is 2.85 bits per heavy atom. The lowest BCUT2D eigenvalue weighted by Crippen LogP contribution is -2.42. The number of aromatic nitrogens is 2. The van der Waals surface area contributed by atoms with Crippen molar-refractivity contribution >= 4 is 22.8 Å². The van der Waals surface area contributed by atoms with Crippen LogP contribution >= 0.6 is 0 Å². The summed E-state index contributed by atoms with van der Waals surface area (Å²) in [7, 11) is 0. The zero-order valence-corrected chi connectivity index (χ0v) is 14.9. The number of carbonyl (C=O) groups is 2. The summed E-state index contributed by atoms with van der Waals surface area (Å²) in [5.74, 6) is -0.299. The monoisotopic (exact) mass is 357 g/mol. The minimum atomic E-state index is -1.03. The Labute approximate surface area is 151 Å². The number of carbonyl (C=O) groups excluding carboxylic acids is 1. The van der Waals surface area contributed by atoms with E-state index in [4.69, 9.17) is 9.84 Å². The fourth-order valence-electron chi connectivity index (χ4n) is 4.06. The molecule has 0 spiro atoms. The Morgan fingerprint density at radius 1 is 1.31 bits per heavy atom. The Hall–Kier alpha value is -2.41. The predicted molar refractivity (Wildman–Crippen MR) is 95.3 cm³/mol. The maximum atomic E-state index is 12.6. The van der Waals surface area contributed by atoms with Crippen molar-refractivity contribution in [3.63, 3.8) is 0 Å². The van der Waals surface area contributed by atoms with E-state index in [1.54, 1.807) is 0 Å². The lowest BCUT2D eigenvalue weighted by Gasteiger charge is -2.30. The van der Waals surface area contributed by atoms with Crippen LogP contribution in [0, 0.1) is 6.92 Å². The third kappa shape index (κ3) is 2.96. The van der Waals surface area contributed by atoms with Gasteiger partial charge in [0.2, 0.25) is 0 Å². The van der Waals surface area contributed by atoms with Gasteiger partial charge in [-0.15, -0.1) is 0 Å². The Kier molecular flexibility index (Phi) is 4.40. The molecule has 0 radical (unpaired) electrons. The van der Waals surface area contributed by atoms with Gasteiger partial charge in [0.05, 0.1) is 18.3 Å². The van der Waals surface area contributed by atoms with Crippen LogP contribution in [0.4, 0.5) is 4.79 Å². The van der Waals surface area contributed by atoms with Gasteiger partial charge in [0.15, 0.2) is 12.0 Å². The van der Waals surface area contributed by atoms with Gasteiger partial charge in [-0.1, -0.05) is 0 Å².